The van der Waals surface area contributed by atoms with Crippen LogP contribution in [-0.2, 0) is 4.79 Å². The van der Waals surface area contributed by atoms with E-state index in [0.717, 1.165) is 41.1 Å². The van der Waals surface area contributed by atoms with E-state index >= 15 is 0 Å². The molecule has 1 fully saturated rings. The predicted octanol–water partition coefficient (Wildman–Crippen LogP) is 6.11. The minimum absolute atomic E-state index is 0.0777. The van der Waals surface area contributed by atoms with Crippen molar-refractivity contribution >= 4 is 22.4 Å². The number of nitrogens with one attached hydrogen (secondary N) is 1. The van der Waals surface area contributed by atoms with E-state index in [1.807, 2.05) is 44.2 Å². The zero-order valence-electron chi connectivity index (χ0n) is 19.4. The second kappa shape index (κ2) is 10.1. The fraction of sp³-hybridized carbons (Fsp3) is 0.393. The van der Waals surface area contributed by atoms with Gasteiger partial charge in [-0.1, -0.05) is 56.3 Å². The van der Waals surface area contributed by atoms with Crippen LogP contribution in [0.2, 0.25) is 0 Å². The van der Waals surface area contributed by atoms with Gasteiger partial charge in [0.2, 0.25) is 0 Å². The van der Waals surface area contributed by atoms with Crippen LogP contribution >= 0.6 is 0 Å². The van der Waals surface area contributed by atoms with E-state index in [1.54, 1.807) is 0 Å². The predicted molar refractivity (Wildman–Crippen MR) is 132 cm³/mol. The number of benzene rings is 3. The van der Waals surface area contributed by atoms with Crippen LogP contribution in [0, 0.1) is 5.92 Å². The number of hydrogen-bond acceptors (Lipinski definition) is 3. The first-order chi connectivity index (χ1) is 15.5. The second-order valence-corrected chi connectivity index (χ2v) is 9.04. The quantitative estimate of drug-likeness (QED) is 0.492. The van der Waals surface area contributed by atoms with E-state index in [0.29, 0.717) is 6.42 Å². The minimum atomic E-state index is -0.521. The van der Waals surface area contributed by atoms with Crippen molar-refractivity contribution in [2.45, 2.75) is 52.2 Å². The van der Waals surface area contributed by atoms with Crippen LogP contribution in [0.4, 0.5) is 5.69 Å². The number of carbonyl (C=O) groups excluding carboxylic acids is 1. The lowest BCUT2D eigenvalue weighted by Crippen LogP contribution is -2.39. The molecular formula is C28H34N2O2. The summed E-state index contributed by atoms with van der Waals surface area (Å²) in [4.78, 5) is 15.4. The van der Waals surface area contributed by atoms with E-state index in [9.17, 15) is 4.79 Å². The Morgan fingerprint density at radius 3 is 2.56 bits per heavy atom. The third kappa shape index (κ3) is 5.24. The number of rotatable bonds is 7. The number of hydrogen-bond donors (Lipinski definition) is 1. The van der Waals surface area contributed by atoms with Gasteiger partial charge in [0, 0.05) is 18.8 Å². The Kier molecular flexibility index (Phi) is 6.99. The highest BCUT2D eigenvalue weighted by Gasteiger charge is 2.21. The van der Waals surface area contributed by atoms with Gasteiger partial charge in [0.15, 0.2) is 6.10 Å². The molecule has 1 aliphatic heterocycles. The van der Waals surface area contributed by atoms with Crippen molar-refractivity contribution in [3.05, 3.63) is 72.3 Å². The first-order valence-electron chi connectivity index (χ1n) is 11.8. The van der Waals surface area contributed by atoms with E-state index in [1.165, 1.54) is 18.5 Å². The normalized spacial score (nSPS) is 18.2. The molecule has 0 unspecified atom stereocenters. The van der Waals surface area contributed by atoms with Crippen LogP contribution in [0.5, 0.6) is 5.75 Å². The molecule has 0 aliphatic carbocycles. The summed E-state index contributed by atoms with van der Waals surface area (Å²) in [5.41, 5.74) is 2.37. The number of carbonyl (C=O) groups is 1. The number of piperidine rings is 1. The van der Waals surface area contributed by atoms with Gasteiger partial charge in [0.05, 0.1) is 6.04 Å². The zero-order chi connectivity index (χ0) is 22.5. The molecule has 3 aromatic carbocycles. The van der Waals surface area contributed by atoms with Gasteiger partial charge in [0.1, 0.15) is 5.75 Å². The molecule has 1 aliphatic rings. The molecule has 4 nitrogen and oxygen atoms in total. The van der Waals surface area contributed by atoms with Crippen LogP contribution < -0.4 is 15.0 Å². The lowest BCUT2D eigenvalue weighted by Gasteiger charge is -2.33. The summed E-state index contributed by atoms with van der Waals surface area (Å²) in [5.74, 6) is 1.38. The maximum absolute atomic E-state index is 12.9. The Morgan fingerprint density at radius 2 is 1.84 bits per heavy atom. The number of anilines is 1. The average Bonchev–Trinajstić information content (AvgIpc) is 2.82. The minimum Gasteiger partial charge on any atom is -0.481 e. The average molecular weight is 431 g/mol. The number of amides is 1. The van der Waals surface area contributed by atoms with Crippen molar-refractivity contribution in [3.63, 3.8) is 0 Å². The van der Waals surface area contributed by atoms with E-state index in [-0.39, 0.29) is 11.9 Å². The van der Waals surface area contributed by atoms with Gasteiger partial charge in [-0.3, -0.25) is 4.79 Å². The van der Waals surface area contributed by atoms with Gasteiger partial charge in [-0.25, -0.2) is 0 Å². The molecule has 4 heteroatoms. The highest BCUT2D eigenvalue weighted by molar-refractivity contribution is 5.84. The molecule has 1 saturated heterocycles. The zero-order valence-corrected chi connectivity index (χ0v) is 19.4. The summed E-state index contributed by atoms with van der Waals surface area (Å²) in [7, 11) is 0. The summed E-state index contributed by atoms with van der Waals surface area (Å²) in [6, 6.07) is 22.7. The summed E-state index contributed by atoms with van der Waals surface area (Å²) in [6.07, 6.45) is 2.66. The molecule has 1 heterocycles. The van der Waals surface area contributed by atoms with Crippen molar-refractivity contribution < 1.29 is 9.53 Å². The summed E-state index contributed by atoms with van der Waals surface area (Å²) in [6.45, 7) is 8.57. The van der Waals surface area contributed by atoms with Crippen LogP contribution in [0.25, 0.3) is 10.8 Å². The lowest BCUT2D eigenvalue weighted by molar-refractivity contribution is -0.128. The largest absolute Gasteiger partial charge is 0.481 e. The molecular weight excluding hydrogens is 396 g/mol. The number of ether oxygens (including phenoxy) is 1. The Balaban J connectivity index is 1.37. The molecule has 0 radical (unpaired) electrons. The molecule has 32 heavy (non-hydrogen) atoms. The molecule has 3 aromatic rings. The lowest BCUT2D eigenvalue weighted by atomic mass is 9.99. The standard InChI is InChI=1S/C28H34N2O2/c1-4-27(32-26-16-13-23-9-5-6-10-24(23)18-26)28(31)29-21(3)22-11-14-25(15-12-22)30-17-7-8-20(2)19-30/h5-6,9-16,18,20-21,27H,4,7-8,17,19H2,1-3H3,(H,29,31)/t20-,21+,27-/m0/s1. The van der Waals surface area contributed by atoms with Gasteiger partial charge in [-0.2, -0.15) is 0 Å². The SMILES string of the molecule is CC[C@H](Oc1ccc2ccccc2c1)C(=O)N[C@H](C)c1ccc(N2CCC[C@H](C)C2)cc1. The van der Waals surface area contributed by atoms with E-state index in [4.69, 9.17) is 4.74 Å². The van der Waals surface area contributed by atoms with Gasteiger partial charge in [-0.05, 0) is 72.7 Å². The molecule has 0 aromatic heterocycles. The highest BCUT2D eigenvalue weighted by Crippen LogP contribution is 2.25. The van der Waals surface area contributed by atoms with E-state index < -0.39 is 6.10 Å². The molecule has 1 N–H and O–H groups in total. The maximum atomic E-state index is 12.9. The summed E-state index contributed by atoms with van der Waals surface area (Å²) >= 11 is 0. The molecule has 3 atom stereocenters. The molecule has 168 valence electrons. The number of fused-ring (bicyclic) bond motifs is 1. The van der Waals surface area contributed by atoms with Gasteiger partial charge in [-0.15, -0.1) is 0 Å². The molecule has 0 saturated carbocycles. The smallest absolute Gasteiger partial charge is 0.261 e. The monoisotopic (exact) mass is 430 g/mol. The van der Waals surface area contributed by atoms with Crippen molar-refractivity contribution in [3.8, 4) is 5.75 Å². The fourth-order valence-electron chi connectivity index (χ4n) is 4.51. The molecule has 0 spiro atoms. The summed E-state index contributed by atoms with van der Waals surface area (Å²) in [5, 5.41) is 5.40. The van der Waals surface area contributed by atoms with Crippen molar-refractivity contribution in [1.82, 2.24) is 5.32 Å². The highest BCUT2D eigenvalue weighted by atomic mass is 16.5. The Hall–Kier alpha value is -3.01. The Labute approximate surface area is 191 Å². The van der Waals surface area contributed by atoms with Gasteiger partial charge < -0.3 is 15.0 Å². The van der Waals surface area contributed by atoms with Crippen LogP contribution in [-0.4, -0.2) is 25.1 Å². The second-order valence-electron chi connectivity index (χ2n) is 9.04. The van der Waals surface area contributed by atoms with Gasteiger partial charge >= 0.3 is 0 Å². The van der Waals surface area contributed by atoms with Crippen LogP contribution in [0.1, 0.15) is 51.6 Å². The summed E-state index contributed by atoms with van der Waals surface area (Å²) < 4.78 is 6.06. The van der Waals surface area contributed by atoms with Gasteiger partial charge in [0.25, 0.3) is 5.91 Å². The first-order valence-corrected chi connectivity index (χ1v) is 11.8. The van der Waals surface area contributed by atoms with E-state index in [2.05, 4.69) is 53.5 Å². The van der Waals surface area contributed by atoms with Crippen LogP contribution in [0.3, 0.4) is 0 Å². The Bertz CT molecular complexity index is 1050. The topological polar surface area (TPSA) is 41.6 Å². The first kappa shape index (κ1) is 22.2. The van der Waals surface area contributed by atoms with Crippen LogP contribution in [0.15, 0.2) is 66.7 Å². The number of nitrogens with zero attached hydrogens (tertiary/aromatic N) is 1. The molecule has 4 rings (SSSR count). The molecule has 0 bridgehead atoms. The third-order valence-electron chi connectivity index (χ3n) is 6.44. The molecule has 1 amide bonds. The fourth-order valence-corrected chi connectivity index (χ4v) is 4.51. The maximum Gasteiger partial charge on any atom is 0.261 e. The Morgan fingerprint density at radius 1 is 1.09 bits per heavy atom. The van der Waals surface area contributed by atoms with Crippen molar-refractivity contribution in [2.24, 2.45) is 5.92 Å². The third-order valence-corrected chi connectivity index (χ3v) is 6.44. The van der Waals surface area contributed by atoms with Crippen molar-refractivity contribution in [2.75, 3.05) is 18.0 Å². The van der Waals surface area contributed by atoms with Crippen molar-refractivity contribution in [1.29, 1.82) is 0 Å².